The number of hydrogen-bond donors (Lipinski definition) is 2. The average Bonchev–Trinajstić information content (AvgIpc) is 2.55. The van der Waals surface area contributed by atoms with Crippen molar-refractivity contribution in [1.29, 1.82) is 0 Å². The highest BCUT2D eigenvalue weighted by Gasteiger charge is 2.23. The minimum Gasteiger partial charge on any atom is -0.508 e. The van der Waals surface area contributed by atoms with Crippen LogP contribution in [0, 0.1) is 10.1 Å². The van der Waals surface area contributed by atoms with Crippen LogP contribution in [0.4, 0.5) is 11.4 Å². The van der Waals surface area contributed by atoms with E-state index in [0.717, 1.165) is 5.56 Å². The molecule has 0 amide bonds. The summed E-state index contributed by atoms with van der Waals surface area (Å²) in [6.45, 7) is 0. The Bertz CT molecular complexity index is 700. The normalized spacial score (nSPS) is 11.5. The second-order valence-electron chi connectivity index (χ2n) is 4.86. The molecule has 2 N–H and O–H groups in total. The lowest BCUT2D eigenvalue weighted by atomic mass is 10.1. The Morgan fingerprint density at radius 1 is 1.26 bits per heavy atom. The van der Waals surface area contributed by atoms with Crippen molar-refractivity contribution < 1.29 is 19.6 Å². The number of nitrogens with zero attached hydrogens (tertiary/aromatic N) is 1. The molecule has 0 aliphatic heterocycles. The smallest absolute Gasteiger partial charge is 0.328 e. The summed E-state index contributed by atoms with van der Waals surface area (Å²) in [7, 11) is 1.26. The van der Waals surface area contributed by atoms with E-state index in [1.54, 1.807) is 24.3 Å². The van der Waals surface area contributed by atoms with Crippen LogP contribution < -0.4 is 5.32 Å². The molecular formula is C16H16N2O5. The Labute approximate surface area is 132 Å². The molecule has 0 aliphatic carbocycles. The van der Waals surface area contributed by atoms with Gasteiger partial charge in [-0.2, -0.15) is 0 Å². The zero-order valence-corrected chi connectivity index (χ0v) is 12.4. The number of benzene rings is 2. The van der Waals surface area contributed by atoms with Gasteiger partial charge >= 0.3 is 5.97 Å². The molecule has 0 aliphatic rings. The van der Waals surface area contributed by atoms with Crippen molar-refractivity contribution in [1.82, 2.24) is 0 Å². The first-order valence-electron chi connectivity index (χ1n) is 6.87. The Morgan fingerprint density at radius 2 is 1.91 bits per heavy atom. The van der Waals surface area contributed by atoms with Crippen molar-refractivity contribution in [3.8, 4) is 5.75 Å². The van der Waals surface area contributed by atoms with E-state index < -0.39 is 16.9 Å². The first kappa shape index (κ1) is 16.3. The molecule has 7 heteroatoms. The zero-order chi connectivity index (χ0) is 16.8. The number of nitrogens with one attached hydrogen (secondary N) is 1. The number of phenolic OH excluding ortho intramolecular Hbond substituents is 1. The topological polar surface area (TPSA) is 102 Å². The molecule has 2 rings (SSSR count). The Hall–Kier alpha value is -3.09. The molecule has 0 saturated heterocycles. The largest absolute Gasteiger partial charge is 0.508 e. The highest BCUT2D eigenvalue weighted by atomic mass is 16.6. The quantitative estimate of drug-likeness (QED) is 0.482. The summed E-state index contributed by atoms with van der Waals surface area (Å²) < 4.78 is 4.76. The maximum absolute atomic E-state index is 12.0. The number of hydrogen-bond acceptors (Lipinski definition) is 6. The number of ether oxygens (including phenoxy) is 1. The van der Waals surface area contributed by atoms with Crippen LogP contribution in [0.3, 0.4) is 0 Å². The lowest BCUT2D eigenvalue weighted by Gasteiger charge is -2.17. The fraction of sp³-hybridized carbons (Fsp3) is 0.188. The second-order valence-corrected chi connectivity index (χ2v) is 4.86. The van der Waals surface area contributed by atoms with Crippen LogP contribution in [-0.4, -0.2) is 29.2 Å². The number of methoxy groups -OCH3 is 1. The molecule has 2 aromatic rings. The minimum atomic E-state index is -0.786. The van der Waals surface area contributed by atoms with Gasteiger partial charge in [0.05, 0.1) is 12.0 Å². The van der Waals surface area contributed by atoms with E-state index in [-0.39, 0.29) is 23.5 Å². The number of para-hydroxylation sites is 2. The number of carbonyl (C=O) groups excluding carboxylic acids is 1. The van der Waals surface area contributed by atoms with Crippen molar-refractivity contribution in [2.75, 3.05) is 12.4 Å². The number of rotatable bonds is 6. The fourth-order valence-electron chi connectivity index (χ4n) is 2.15. The van der Waals surface area contributed by atoms with Gasteiger partial charge in [-0.05, 0) is 23.8 Å². The number of anilines is 1. The molecule has 1 atom stereocenters. The number of esters is 1. The van der Waals surface area contributed by atoms with E-state index >= 15 is 0 Å². The summed E-state index contributed by atoms with van der Waals surface area (Å²) in [5.74, 6) is -0.411. The SMILES string of the molecule is COC(=O)[C@@H](Cc1ccc(O)cc1)Nc1ccccc1[N+](=O)[O-]. The van der Waals surface area contributed by atoms with E-state index in [4.69, 9.17) is 4.74 Å². The molecule has 0 fully saturated rings. The maximum atomic E-state index is 12.0. The molecule has 0 aromatic heterocycles. The van der Waals surface area contributed by atoms with Crippen LogP contribution >= 0.6 is 0 Å². The molecule has 0 radical (unpaired) electrons. The molecule has 23 heavy (non-hydrogen) atoms. The van der Waals surface area contributed by atoms with Crippen LogP contribution in [0.15, 0.2) is 48.5 Å². The van der Waals surface area contributed by atoms with Crippen LogP contribution in [0.2, 0.25) is 0 Å². The standard InChI is InChI=1S/C16H16N2O5/c1-23-16(20)14(10-11-6-8-12(19)9-7-11)17-13-4-2-3-5-15(13)18(21)22/h2-9,14,17,19H,10H2,1H3/t14-/m1/s1. The predicted octanol–water partition coefficient (Wildman–Crippen LogP) is 2.50. The molecular weight excluding hydrogens is 300 g/mol. The predicted molar refractivity (Wildman–Crippen MR) is 84.3 cm³/mol. The Morgan fingerprint density at radius 3 is 2.52 bits per heavy atom. The maximum Gasteiger partial charge on any atom is 0.328 e. The van der Waals surface area contributed by atoms with E-state index in [1.165, 1.54) is 31.4 Å². The monoisotopic (exact) mass is 316 g/mol. The van der Waals surface area contributed by atoms with Crippen LogP contribution in [0.5, 0.6) is 5.75 Å². The van der Waals surface area contributed by atoms with E-state index in [1.807, 2.05) is 0 Å². The summed E-state index contributed by atoms with van der Waals surface area (Å²) in [5, 5.41) is 23.2. The third-order valence-electron chi connectivity index (χ3n) is 3.29. The summed E-state index contributed by atoms with van der Waals surface area (Å²) in [4.78, 5) is 22.5. The molecule has 0 spiro atoms. The lowest BCUT2D eigenvalue weighted by molar-refractivity contribution is -0.384. The molecule has 2 aromatic carbocycles. The molecule has 0 heterocycles. The lowest BCUT2D eigenvalue weighted by Crippen LogP contribution is -2.33. The van der Waals surface area contributed by atoms with Gasteiger partial charge in [-0.15, -0.1) is 0 Å². The minimum absolute atomic E-state index is 0.118. The van der Waals surface area contributed by atoms with Gasteiger partial charge in [0.25, 0.3) is 5.69 Å². The van der Waals surface area contributed by atoms with Crippen molar-refractivity contribution in [2.24, 2.45) is 0 Å². The number of carbonyl (C=O) groups is 1. The molecule has 7 nitrogen and oxygen atoms in total. The summed E-state index contributed by atoms with van der Waals surface area (Å²) in [5.41, 5.74) is 0.906. The number of nitro groups is 1. The van der Waals surface area contributed by atoms with Crippen molar-refractivity contribution in [3.05, 3.63) is 64.2 Å². The van der Waals surface area contributed by atoms with Gasteiger partial charge in [0.2, 0.25) is 0 Å². The average molecular weight is 316 g/mol. The molecule has 0 unspecified atom stereocenters. The van der Waals surface area contributed by atoms with Gasteiger partial charge in [0, 0.05) is 12.5 Å². The summed E-state index contributed by atoms with van der Waals surface area (Å²) in [6, 6.07) is 11.7. The second kappa shape index (κ2) is 7.26. The van der Waals surface area contributed by atoms with Crippen LogP contribution in [0.25, 0.3) is 0 Å². The third-order valence-corrected chi connectivity index (χ3v) is 3.29. The molecule has 0 saturated carbocycles. The zero-order valence-electron chi connectivity index (χ0n) is 12.4. The van der Waals surface area contributed by atoms with Crippen molar-refractivity contribution >= 4 is 17.3 Å². The third kappa shape index (κ3) is 4.19. The summed E-state index contributed by atoms with van der Waals surface area (Å²) >= 11 is 0. The van der Waals surface area contributed by atoms with Gasteiger partial charge in [0.1, 0.15) is 17.5 Å². The first-order chi connectivity index (χ1) is 11.0. The number of phenols is 1. The highest BCUT2D eigenvalue weighted by Crippen LogP contribution is 2.25. The van der Waals surface area contributed by atoms with Gasteiger partial charge in [-0.3, -0.25) is 10.1 Å². The van der Waals surface area contributed by atoms with Gasteiger partial charge in [-0.25, -0.2) is 4.79 Å². The van der Waals surface area contributed by atoms with Crippen molar-refractivity contribution in [3.63, 3.8) is 0 Å². The number of aromatic hydroxyl groups is 1. The Kier molecular flexibility index (Phi) is 5.14. The Balaban J connectivity index is 2.24. The van der Waals surface area contributed by atoms with E-state index in [0.29, 0.717) is 0 Å². The molecule has 120 valence electrons. The van der Waals surface area contributed by atoms with Crippen LogP contribution in [-0.2, 0) is 16.0 Å². The van der Waals surface area contributed by atoms with E-state index in [2.05, 4.69) is 5.32 Å². The first-order valence-corrected chi connectivity index (χ1v) is 6.87. The number of nitro benzene ring substituents is 1. The van der Waals surface area contributed by atoms with Gasteiger partial charge in [-0.1, -0.05) is 24.3 Å². The fourth-order valence-corrected chi connectivity index (χ4v) is 2.15. The van der Waals surface area contributed by atoms with Gasteiger partial charge < -0.3 is 15.2 Å². The highest BCUT2D eigenvalue weighted by molar-refractivity contribution is 5.81. The molecule has 0 bridgehead atoms. The summed E-state index contributed by atoms with van der Waals surface area (Å²) in [6.07, 6.45) is 0.263. The van der Waals surface area contributed by atoms with Gasteiger partial charge in [0.15, 0.2) is 0 Å². The van der Waals surface area contributed by atoms with Crippen LogP contribution in [0.1, 0.15) is 5.56 Å². The van der Waals surface area contributed by atoms with Crippen molar-refractivity contribution in [2.45, 2.75) is 12.5 Å². The van der Waals surface area contributed by atoms with E-state index in [9.17, 15) is 20.0 Å².